The molecule has 0 aliphatic carbocycles. The number of hydrogen-bond acceptors (Lipinski definition) is 5. The van der Waals surface area contributed by atoms with E-state index in [2.05, 4.69) is 0 Å². The lowest BCUT2D eigenvalue weighted by atomic mass is 9.85. The smallest absolute Gasteiger partial charge is 0.0880 e. The van der Waals surface area contributed by atoms with Crippen LogP contribution in [0.4, 0.5) is 0 Å². The zero-order chi connectivity index (χ0) is 16.8. The molecule has 0 aliphatic rings. The topological polar surface area (TPSA) is 84.2 Å². The molecule has 5 heteroatoms. The first-order valence-electron chi connectivity index (χ1n) is 7.90. The molecule has 5 nitrogen and oxygen atoms in total. The summed E-state index contributed by atoms with van der Waals surface area (Å²) >= 11 is 0. The van der Waals surface area contributed by atoms with Gasteiger partial charge in [-0.1, -0.05) is 20.3 Å². The molecule has 0 heterocycles. The van der Waals surface area contributed by atoms with Crippen molar-refractivity contribution in [3.63, 3.8) is 0 Å². The summed E-state index contributed by atoms with van der Waals surface area (Å²) in [5.74, 6) is -0.0851. The summed E-state index contributed by atoms with van der Waals surface area (Å²) in [6, 6.07) is 0.0675. The van der Waals surface area contributed by atoms with Crippen molar-refractivity contribution < 1.29 is 20.4 Å². The average Bonchev–Trinajstić information content (AvgIpc) is 2.36. The van der Waals surface area contributed by atoms with Crippen LogP contribution in [-0.4, -0.2) is 68.9 Å². The Hall–Kier alpha value is -0.200. The maximum Gasteiger partial charge on any atom is 0.0880 e. The van der Waals surface area contributed by atoms with E-state index in [1.54, 1.807) is 13.8 Å². The summed E-state index contributed by atoms with van der Waals surface area (Å²) in [7, 11) is 1.93. The molecule has 0 aromatic carbocycles. The second kappa shape index (κ2) is 8.44. The van der Waals surface area contributed by atoms with Crippen LogP contribution in [0.5, 0.6) is 0 Å². The van der Waals surface area contributed by atoms with Gasteiger partial charge in [0.25, 0.3) is 0 Å². The summed E-state index contributed by atoms with van der Waals surface area (Å²) < 4.78 is 0. The molecule has 0 fully saturated rings. The van der Waals surface area contributed by atoms with Crippen molar-refractivity contribution in [3.05, 3.63) is 0 Å². The highest BCUT2D eigenvalue weighted by atomic mass is 16.3. The largest absolute Gasteiger partial charge is 0.393 e. The number of aliphatic hydroxyl groups is 4. The molecule has 0 saturated carbocycles. The Morgan fingerprint density at radius 3 is 2.10 bits per heavy atom. The van der Waals surface area contributed by atoms with Gasteiger partial charge in [0.2, 0.25) is 0 Å². The van der Waals surface area contributed by atoms with Crippen LogP contribution in [0.25, 0.3) is 0 Å². The Kier molecular flexibility index (Phi) is 8.36. The van der Waals surface area contributed by atoms with Gasteiger partial charge in [0, 0.05) is 12.6 Å². The Labute approximate surface area is 129 Å². The van der Waals surface area contributed by atoms with Gasteiger partial charge in [-0.15, -0.1) is 0 Å². The third-order valence-electron chi connectivity index (χ3n) is 4.34. The first kappa shape index (κ1) is 20.8. The summed E-state index contributed by atoms with van der Waals surface area (Å²) in [5, 5.41) is 39.6. The van der Waals surface area contributed by atoms with E-state index in [1.165, 1.54) is 0 Å². The zero-order valence-electron chi connectivity index (χ0n) is 14.5. The summed E-state index contributed by atoms with van der Waals surface area (Å²) in [4.78, 5) is 2.04. The quantitative estimate of drug-likeness (QED) is 0.484. The van der Waals surface area contributed by atoms with E-state index < -0.39 is 17.3 Å². The van der Waals surface area contributed by atoms with Crippen LogP contribution in [0.3, 0.4) is 0 Å². The van der Waals surface area contributed by atoms with Gasteiger partial charge in [-0.3, -0.25) is 0 Å². The summed E-state index contributed by atoms with van der Waals surface area (Å²) in [6.07, 6.45) is 1.05. The number of hydrogen-bond donors (Lipinski definition) is 4. The lowest BCUT2D eigenvalue weighted by molar-refractivity contribution is -0.0965. The summed E-state index contributed by atoms with van der Waals surface area (Å²) in [5.41, 5.74) is -2.17. The lowest BCUT2D eigenvalue weighted by Gasteiger charge is -2.37. The van der Waals surface area contributed by atoms with Crippen LogP contribution in [0, 0.1) is 5.92 Å². The minimum absolute atomic E-state index is 0.0675. The van der Waals surface area contributed by atoms with Crippen LogP contribution in [0.2, 0.25) is 0 Å². The Morgan fingerprint density at radius 2 is 1.67 bits per heavy atom. The van der Waals surface area contributed by atoms with Gasteiger partial charge < -0.3 is 25.3 Å². The fraction of sp³-hybridized carbons (Fsp3) is 1.00. The van der Waals surface area contributed by atoms with Gasteiger partial charge >= 0.3 is 0 Å². The Morgan fingerprint density at radius 1 is 1.14 bits per heavy atom. The molecule has 0 unspecified atom stereocenters. The second-order valence-electron chi connectivity index (χ2n) is 7.18. The highest BCUT2D eigenvalue weighted by Gasteiger charge is 2.34. The molecule has 0 bridgehead atoms. The molecule has 4 N–H and O–H groups in total. The number of aliphatic hydroxyl groups excluding tert-OH is 2. The predicted octanol–water partition coefficient (Wildman–Crippen LogP) is 0.988. The van der Waals surface area contributed by atoms with E-state index in [4.69, 9.17) is 5.11 Å². The van der Waals surface area contributed by atoms with E-state index in [0.29, 0.717) is 19.4 Å². The first-order chi connectivity index (χ1) is 9.46. The van der Waals surface area contributed by atoms with Gasteiger partial charge in [0.15, 0.2) is 0 Å². The van der Waals surface area contributed by atoms with Crippen LogP contribution in [-0.2, 0) is 0 Å². The molecule has 0 amide bonds. The molecular formula is C16H35NO4. The number of nitrogens with zero attached hydrogens (tertiary/aromatic N) is 1. The molecular weight excluding hydrogens is 270 g/mol. The Bertz CT molecular complexity index is 294. The van der Waals surface area contributed by atoms with Crippen molar-refractivity contribution in [1.29, 1.82) is 0 Å². The molecule has 128 valence electrons. The predicted molar refractivity (Wildman–Crippen MR) is 85.1 cm³/mol. The monoisotopic (exact) mass is 305 g/mol. The summed E-state index contributed by atoms with van der Waals surface area (Å²) in [6.45, 7) is 9.52. The molecule has 21 heavy (non-hydrogen) atoms. The van der Waals surface area contributed by atoms with Gasteiger partial charge in [-0.05, 0) is 46.6 Å². The van der Waals surface area contributed by atoms with Crippen molar-refractivity contribution in [2.75, 3.05) is 20.2 Å². The lowest BCUT2D eigenvalue weighted by Crippen LogP contribution is -2.48. The molecule has 0 radical (unpaired) electrons. The minimum atomic E-state index is -1.09. The average molecular weight is 305 g/mol. The standard InChI is InChI=1S/C16H35NO4/c1-7-8-16(5,21)14(19)12(2)10-17(6)13(3)9-15(4,20)11-18/h12-14,18-21H,7-11H2,1-6H3/t12-,13+,14+,15+,16+/m0/s1. The van der Waals surface area contributed by atoms with E-state index in [9.17, 15) is 15.3 Å². The van der Waals surface area contributed by atoms with E-state index >= 15 is 0 Å². The van der Waals surface area contributed by atoms with Crippen molar-refractivity contribution >= 4 is 0 Å². The van der Waals surface area contributed by atoms with Crippen LogP contribution in [0.1, 0.15) is 53.9 Å². The highest BCUT2D eigenvalue weighted by Crippen LogP contribution is 2.24. The van der Waals surface area contributed by atoms with Gasteiger partial charge in [0.05, 0.1) is 23.9 Å². The molecule has 0 spiro atoms. The van der Waals surface area contributed by atoms with E-state index in [-0.39, 0.29) is 18.6 Å². The third kappa shape index (κ3) is 7.06. The maximum absolute atomic E-state index is 10.3. The van der Waals surface area contributed by atoms with Crippen molar-refractivity contribution in [2.45, 2.75) is 77.2 Å². The molecule has 5 atom stereocenters. The highest BCUT2D eigenvalue weighted by molar-refractivity contribution is 4.87. The SMILES string of the molecule is CCC[C@@](C)(O)[C@H](O)[C@@H](C)CN(C)[C@H](C)C[C@@](C)(O)CO. The van der Waals surface area contributed by atoms with Gasteiger partial charge in [-0.2, -0.15) is 0 Å². The number of rotatable bonds is 10. The van der Waals surface area contributed by atoms with Crippen LogP contribution < -0.4 is 0 Å². The molecule has 0 aliphatic heterocycles. The van der Waals surface area contributed by atoms with Crippen molar-refractivity contribution in [1.82, 2.24) is 4.90 Å². The van der Waals surface area contributed by atoms with Gasteiger partial charge in [0.1, 0.15) is 0 Å². The van der Waals surface area contributed by atoms with Crippen LogP contribution in [0.15, 0.2) is 0 Å². The van der Waals surface area contributed by atoms with Crippen LogP contribution >= 0.6 is 0 Å². The second-order valence-corrected chi connectivity index (χ2v) is 7.18. The minimum Gasteiger partial charge on any atom is -0.393 e. The van der Waals surface area contributed by atoms with Crippen molar-refractivity contribution in [3.8, 4) is 0 Å². The van der Waals surface area contributed by atoms with Gasteiger partial charge in [-0.25, -0.2) is 0 Å². The first-order valence-corrected chi connectivity index (χ1v) is 7.90. The zero-order valence-corrected chi connectivity index (χ0v) is 14.5. The Balaban J connectivity index is 4.52. The molecule has 0 rings (SSSR count). The van der Waals surface area contributed by atoms with E-state index in [0.717, 1.165) is 6.42 Å². The molecule has 0 saturated heterocycles. The maximum atomic E-state index is 10.3. The van der Waals surface area contributed by atoms with E-state index in [1.807, 2.05) is 32.7 Å². The fourth-order valence-corrected chi connectivity index (χ4v) is 2.86. The third-order valence-corrected chi connectivity index (χ3v) is 4.34. The normalized spacial score (nSPS) is 22.4. The van der Waals surface area contributed by atoms with Crippen molar-refractivity contribution in [2.24, 2.45) is 5.92 Å². The fourth-order valence-electron chi connectivity index (χ4n) is 2.86. The molecule has 0 aromatic heterocycles. The molecule has 0 aromatic rings.